The molecule has 0 radical (unpaired) electrons. The Kier molecular flexibility index (Phi) is 3.38. The summed E-state index contributed by atoms with van der Waals surface area (Å²) in [5.41, 5.74) is 9.05. The first kappa shape index (κ1) is 12.4. The molecule has 1 aromatic heterocycles. The van der Waals surface area contributed by atoms with Gasteiger partial charge in [-0.3, -0.25) is 9.88 Å². The fourth-order valence-electron chi connectivity index (χ4n) is 2.54. The highest BCUT2D eigenvalue weighted by Crippen LogP contribution is 2.30. The van der Waals surface area contributed by atoms with Gasteiger partial charge in [-0.05, 0) is 37.4 Å². The van der Waals surface area contributed by atoms with Crippen molar-refractivity contribution in [3.8, 4) is 0 Å². The second-order valence-corrected chi connectivity index (χ2v) is 5.49. The van der Waals surface area contributed by atoms with Crippen molar-refractivity contribution in [2.75, 3.05) is 18.8 Å². The fraction of sp³-hybridized carbons (Fsp3) is 0.438. The second kappa shape index (κ2) is 5.17. The van der Waals surface area contributed by atoms with Crippen molar-refractivity contribution in [1.29, 1.82) is 0 Å². The zero-order valence-electron chi connectivity index (χ0n) is 11.5. The maximum absolute atomic E-state index is 6.13. The lowest BCUT2D eigenvalue weighted by molar-refractivity contribution is 0.265. The molecular weight excluding hydrogens is 234 g/mol. The zero-order valence-corrected chi connectivity index (χ0v) is 11.5. The van der Waals surface area contributed by atoms with E-state index in [0.717, 1.165) is 41.3 Å². The van der Waals surface area contributed by atoms with Gasteiger partial charge in [0, 0.05) is 24.2 Å². The molecule has 3 heteroatoms. The molecule has 2 aromatic rings. The number of hydrogen-bond acceptors (Lipinski definition) is 3. The largest absolute Gasteiger partial charge is 0.398 e. The first-order chi connectivity index (χ1) is 9.26. The molecule has 19 heavy (non-hydrogen) atoms. The zero-order chi connectivity index (χ0) is 13.2. The lowest BCUT2D eigenvalue weighted by Gasteiger charge is -2.20. The Morgan fingerprint density at radius 3 is 2.84 bits per heavy atom. The molecule has 0 unspecified atom stereocenters. The number of nitrogens with zero attached hydrogens (tertiary/aromatic N) is 2. The number of rotatable bonds is 5. The van der Waals surface area contributed by atoms with Crippen LogP contribution < -0.4 is 5.73 Å². The highest BCUT2D eigenvalue weighted by Gasteiger charge is 2.23. The summed E-state index contributed by atoms with van der Waals surface area (Å²) in [6, 6.07) is 10.1. The number of benzene rings is 1. The predicted octanol–water partition coefficient (Wildman–Crippen LogP) is 3.05. The third kappa shape index (κ3) is 2.87. The fourth-order valence-corrected chi connectivity index (χ4v) is 2.54. The van der Waals surface area contributed by atoms with Gasteiger partial charge in [0.05, 0.1) is 11.2 Å². The monoisotopic (exact) mass is 255 g/mol. The molecule has 1 aliphatic rings. The molecule has 0 aliphatic heterocycles. The van der Waals surface area contributed by atoms with Crippen LogP contribution in [0.1, 0.15) is 25.5 Å². The molecule has 1 fully saturated rings. The number of nitrogen functional groups attached to an aromatic ring is 1. The maximum Gasteiger partial charge on any atom is 0.0726 e. The Hall–Kier alpha value is -1.61. The standard InChI is InChI=1S/C16H21N3/c1-2-19(10-12-7-8-12)11-13-9-15(17)14-5-3-4-6-16(14)18-13/h3-6,9,12H,2,7-8,10-11H2,1H3,(H2,17,18). The number of aromatic nitrogens is 1. The van der Waals surface area contributed by atoms with Crippen LogP contribution in [-0.2, 0) is 6.54 Å². The van der Waals surface area contributed by atoms with Gasteiger partial charge in [-0.1, -0.05) is 25.1 Å². The van der Waals surface area contributed by atoms with Crippen molar-refractivity contribution < 1.29 is 0 Å². The number of para-hydroxylation sites is 1. The molecule has 0 spiro atoms. The average Bonchev–Trinajstić information content (AvgIpc) is 3.22. The third-order valence-corrected chi connectivity index (χ3v) is 3.85. The van der Waals surface area contributed by atoms with E-state index in [1.54, 1.807) is 0 Å². The van der Waals surface area contributed by atoms with E-state index in [0.29, 0.717) is 0 Å². The lowest BCUT2D eigenvalue weighted by Crippen LogP contribution is -2.25. The Labute approximate surface area is 114 Å². The molecule has 2 N–H and O–H groups in total. The summed E-state index contributed by atoms with van der Waals surface area (Å²) < 4.78 is 0. The Morgan fingerprint density at radius 1 is 1.32 bits per heavy atom. The van der Waals surface area contributed by atoms with Gasteiger partial charge in [0.25, 0.3) is 0 Å². The minimum Gasteiger partial charge on any atom is -0.398 e. The van der Waals surface area contributed by atoms with Gasteiger partial charge in [0.15, 0.2) is 0 Å². The molecule has 100 valence electrons. The van der Waals surface area contributed by atoms with Crippen LogP contribution in [0.3, 0.4) is 0 Å². The van der Waals surface area contributed by atoms with Crippen molar-refractivity contribution in [1.82, 2.24) is 9.88 Å². The molecule has 0 saturated heterocycles. The smallest absolute Gasteiger partial charge is 0.0726 e. The quantitative estimate of drug-likeness (QED) is 0.893. The van der Waals surface area contributed by atoms with Crippen LogP contribution in [0.15, 0.2) is 30.3 Å². The van der Waals surface area contributed by atoms with Crippen LogP contribution in [0.25, 0.3) is 10.9 Å². The van der Waals surface area contributed by atoms with Crippen LogP contribution in [0.2, 0.25) is 0 Å². The van der Waals surface area contributed by atoms with E-state index < -0.39 is 0 Å². The van der Waals surface area contributed by atoms with Crippen LogP contribution in [0, 0.1) is 5.92 Å². The van der Waals surface area contributed by atoms with Gasteiger partial charge in [-0.25, -0.2) is 0 Å². The SMILES string of the molecule is CCN(Cc1cc(N)c2ccccc2n1)CC1CC1. The van der Waals surface area contributed by atoms with E-state index in [1.807, 2.05) is 30.3 Å². The van der Waals surface area contributed by atoms with Crippen molar-refractivity contribution in [2.24, 2.45) is 5.92 Å². The van der Waals surface area contributed by atoms with Gasteiger partial charge in [0.2, 0.25) is 0 Å². The molecule has 1 heterocycles. The molecule has 3 rings (SSSR count). The summed E-state index contributed by atoms with van der Waals surface area (Å²) in [7, 11) is 0. The Bertz CT molecular complexity index is 575. The van der Waals surface area contributed by atoms with Gasteiger partial charge < -0.3 is 5.73 Å². The first-order valence-corrected chi connectivity index (χ1v) is 7.12. The molecule has 3 nitrogen and oxygen atoms in total. The van der Waals surface area contributed by atoms with E-state index >= 15 is 0 Å². The van der Waals surface area contributed by atoms with Gasteiger partial charge in [0.1, 0.15) is 0 Å². The minimum absolute atomic E-state index is 0.836. The summed E-state index contributed by atoms with van der Waals surface area (Å²) in [5.74, 6) is 0.915. The van der Waals surface area contributed by atoms with Crippen LogP contribution in [0.4, 0.5) is 5.69 Å². The van der Waals surface area contributed by atoms with Gasteiger partial charge in [-0.2, -0.15) is 0 Å². The first-order valence-electron chi connectivity index (χ1n) is 7.12. The molecule has 0 atom stereocenters. The summed E-state index contributed by atoms with van der Waals surface area (Å²) in [4.78, 5) is 7.20. The highest BCUT2D eigenvalue weighted by molar-refractivity contribution is 5.90. The van der Waals surface area contributed by atoms with Crippen molar-refractivity contribution in [2.45, 2.75) is 26.3 Å². The molecule has 1 aliphatic carbocycles. The van der Waals surface area contributed by atoms with Crippen LogP contribution in [-0.4, -0.2) is 23.0 Å². The van der Waals surface area contributed by atoms with Crippen LogP contribution >= 0.6 is 0 Å². The number of nitrogens with two attached hydrogens (primary N) is 1. The van der Waals surface area contributed by atoms with Crippen LogP contribution in [0.5, 0.6) is 0 Å². The molecule has 0 amide bonds. The summed E-state index contributed by atoms with van der Waals surface area (Å²) >= 11 is 0. The topological polar surface area (TPSA) is 42.1 Å². The minimum atomic E-state index is 0.836. The average molecular weight is 255 g/mol. The number of fused-ring (bicyclic) bond motifs is 1. The maximum atomic E-state index is 6.13. The van der Waals surface area contributed by atoms with Gasteiger partial charge >= 0.3 is 0 Å². The molecular formula is C16H21N3. The van der Waals surface area contributed by atoms with E-state index in [2.05, 4.69) is 11.8 Å². The predicted molar refractivity (Wildman–Crippen MR) is 79.8 cm³/mol. The molecule has 1 aromatic carbocycles. The normalized spacial score (nSPS) is 15.3. The summed E-state index contributed by atoms with van der Waals surface area (Å²) in [5, 5.41) is 1.05. The van der Waals surface area contributed by atoms with Crippen molar-refractivity contribution in [3.05, 3.63) is 36.0 Å². The molecule has 0 bridgehead atoms. The Morgan fingerprint density at radius 2 is 2.11 bits per heavy atom. The summed E-state index contributed by atoms with van der Waals surface area (Å²) in [6.07, 6.45) is 2.79. The van der Waals surface area contributed by atoms with E-state index in [-0.39, 0.29) is 0 Å². The van der Waals surface area contributed by atoms with E-state index in [4.69, 9.17) is 10.7 Å². The number of pyridine rings is 1. The number of anilines is 1. The summed E-state index contributed by atoms with van der Waals surface area (Å²) in [6.45, 7) is 5.39. The lowest BCUT2D eigenvalue weighted by atomic mass is 10.1. The van der Waals surface area contributed by atoms with E-state index in [9.17, 15) is 0 Å². The highest BCUT2D eigenvalue weighted by atomic mass is 15.1. The molecule has 1 saturated carbocycles. The van der Waals surface area contributed by atoms with Crippen molar-refractivity contribution in [3.63, 3.8) is 0 Å². The third-order valence-electron chi connectivity index (χ3n) is 3.85. The Balaban J connectivity index is 1.83. The van der Waals surface area contributed by atoms with Gasteiger partial charge in [-0.15, -0.1) is 0 Å². The second-order valence-electron chi connectivity index (χ2n) is 5.49. The van der Waals surface area contributed by atoms with E-state index in [1.165, 1.54) is 19.4 Å². The number of hydrogen-bond donors (Lipinski definition) is 1. The van der Waals surface area contributed by atoms with Crippen molar-refractivity contribution >= 4 is 16.6 Å².